The molecule has 0 saturated carbocycles. The number of carboxylic acid groups (broad SMARTS) is 1. The largest absolute Gasteiger partial charge is 0.480 e. The minimum Gasteiger partial charge on any atom is -0.480 e. The first-order valence-electron chi connectivity index (χ1n) is 8.86. The van der Waals surface area contributed by atoms with Gasteiger partial charge in [0.05, 0.1) is 25.5 Å². The van der Waals surface area contributed by atoms with Gasteiger partial charge < -0.3 is 42.6 Å². The first kappa shape index (κ1) is 24.5. The number of hydrogen-bond acceptors (Lipinski definition) is 8. The smallest absolute Gasteiger partial charge is 0.326 e. The number of imidazole rings is 1. The molecule has 10 N–H and O–H groups in total. The van der Waals surface area contributed by atoms with Crippen molar-refractivity contribution in [1.29, 1.82) is 0 Å². The van der Waals surface area contributed by atoms with Gasteiger partial charge in [-0.1, -0.05) is 0 Å². The van der Waals surface area contributed by atoms with E-state index in [9.17, 15) is 29.1 Å². The van der Waals surface area contributed by atoms with Crippen molar-refractivity contribution in [3.8, 4) is 0 Å². The van der Waals surface area contributed by atoms with Gasteiger partial charge in [-0.25, -0.2) is 9.78 Å². The lowest BCUT2D eigenvalue weighted by Crippen LogP contribution is -2.55. The number of aromatic amines is 1. The van der Waals surface area contributed by atoms with Crippen LogP contribution in [0.3, 0.4) is 0 Å². The molecule has 0 aliphatic heterocycles. The fourth-order valence-corrected chi connectivity index (χ4v) is 2.28. The summed E-state index contributed by atoms with van der Waals surface area (Å²) in [6.07, 6.45) is 2.55. The molecule has 14 nitrogen and oxygen atoms in total. The maximum Gasteiger partial charge on any atom is 0.326 e. The lowest BCUT2D eigenvalue weighted by Gasteiger charge is -2.19. The number of rotatable bonds is 13. The monoisotopic (exact) mass is 427 g/mol. The number of carboxylic acids is 1. The highest BCUT2D eigenvalue weighted by Crippen LogP contribution is 1.98. The van der Waals surface area contributed by atoms with E-state index in [0.717, 1.165) is 0 Å². The average molecular weight is 427 g/mol. The molecule has 0 spiro atoms. The summed E-state index contributed by atoms with van der Waals surface area (Å²) in [5.41, 5.74) is 11.3. The van der Waals surface area contributed by atoms with Crippen LogP contribution in [0.5, 0.6) is 0 Å². The third-order valence-electron chi connectivity index (χ3n) is 3.88. The number of nitrogens with one attached hydrogen (secondary N) is 4. The molecule has 4 amide bonds. The Morgan fingerprint density at radius 3 is 2.37 bits per heavy atom. The Bertz CT molecular complexity index is 753. The molecule has 0 radical (unpaired) electrons. The number of aliphatic carboxylic acids is 1. The third kappa shape index (κ3) is 8.66. The van der Waals surface area contributed by atoms with Gasteiger partial charge in [-0.05, 0) is 6.42 Å². The molecule has 1 heterocycles. The molecule has 166 valence electrons. The summed E-state index contributed by atoms with van der Waals surface area (Å²) < 4.78 is 0. The molecule has 0 aliphatic rings. The normalized spacial score (nSPS) is 13.5. The molecule has 3 unspecified atom stereocenters. The number of nitrogens with two attached hydrogens (primary N) is 2. The summed E-state index contributed by atoms with van der Waals surface area (Å²) >= 11 is 0. The minimum absolute atomic E-state index is 0.121. The van der Waals surface area contributed by atoms with E-state index >= 15 is 0 Å². The molecule has 1 rings (SSSR count). The maximum atomic E-state index is 12.1. The lowest BCUT2D eigenvalue weighted by molar-refractivity contribution is -0.142. The number of aliphatic hydroxyl groups is 1. The fraction of sp³-hybridized carbons (Fsp3) is 0.500. The molecule has 0 fully saturated rings. The number of amides is 4. The second kappa shape index (κ2) is 12.1. The molecule has 0 aliphatic carbocycles. The average Bonchev–Trinajstić information content (AvgIpc) is 3.19. The van der Waals surface area contributed by atoms with Crippen LogP contribution in [0.15, 0.2) is 12.5 Å². The predicted octanol–water partition coefficient (Wildman–Crippen LogP) is -4.29. The van der Waals surface area contributed by atoms with Gasteiger partial charge >= 0.3 is 5.97 Å². The maximum absolute atomic E-state index is 12.1. The van der Waals surface area contributed by atoms with Gasteiger partial charge in [0, 0.05) is 24.7 Å². The number of hydrogen-bond donors (Lipinski definition) is 8. The summed E-state index contributed by atoms with van der Waals surface area (Å²) in [6, 6.07) is -3.75. The molecular weight excluding hydrogens is 402 g/mol. The highest BCUT2D eigenvalue weighted by atomic mass is 16.4. The van der Waals surface area contributed by atoms with E-state index in [1.54, 1.807) is 0 Å². The number of primary amides is 1. The van der Waals surface area contributed by atoms with E-state index in [1.807, 2.05) is 0 Å². The second-order valence-corrected chi connectivity index (χ2v) is 6.31. The van der Waals surface area contributed by atoms with E-state index in [1.165, 1.54) is 12.5 Å². The van der Waals surface area contributed by atoms with Crippen molar-refractivity contribution in [3.05, 3.63) is 18.2 Å². The molecular formula is C16H25N7O7. The van der Waals surface area contributed by atoms with Crippen LogP contribution in [0.2, 0.25) is 0 Å². The highest BCUT2D eigenvalue weighted by molar-refractivity contribution is 5.92. The Morgan fingerprint density at radius 1 is 1.13 bits per heavy atom. The Labute approximate surface area is 170 Å². The van der Waals surface area contributed by atoms with E-state index in [2.05, 4.69) is 25.9 Å². The molecule has 1 aromatic rings. The number of aliphatic hydroxyl groups excluding tert-OH is 1. The van der Waals surface area contributed by atoms with Crippen molar-refractivity contribution in [2.24, 2.45) is 11.5 Å². The molecule has 0 bridgehead atoms. The van der Waals surface area contributed by atoms with E-state index < -0.39 is 60.9 Å². The van der Waals surface area contributed by atoms with Crippen LogP contribution < -0.4 is 27.4 Å². The van der Waals surface area contributed by atoms with E-state index in [-0.39, 0.29) is 19.3 Å². The van der Waals surface area contributed by atoms with Gasteiger partial charge in [-0.2, -0.15) is 0 Å². The van der Waals surface area contributed by atoms with Gasteiger partial charge in [-0.15, -0.1) is 0 Å². The van der Waals surface area contributed by atoms with Crippen LogP contribution in [-0.4, -0.2) is 81.1 Å². The molecule has 14 heteroatoms. The predicted molar refractivity (Wildman–Crippen MR) is 100 cm³/mol. The second-order valence-electron chi connectivity index (χ2n) is 6.31. The van der Waals surface area contributed by atoms with Crippen LogP contribution >= 0.6 is 0 Å². The quantitative estimate of drug-likeness (QED) is 0.151. The van der Waals surface area contributed by atoms with Crippen LogP contribution in [-0.2, 0) is 30.4 Å². The highest BCUT2D eigenvalue weighted by Gasteiger charge is 2.25. The molecule has 3 atom stereocenters. The minimum atomic E-state index is -1.37. The summed E-state index contributed by atoms with van der Waals surface area (Å²) in [4.78, 5) is 64.4. The van der Waals surface area contributed by atoms with Gasteiger partial charge in [0.2, 0.25) is 23.6 Å². The van der Waals surface area contributed by atoms with Gasteiger partial charge in [0.1, 0.15) is 12.1 Å². The number of carbonyl (C=O) groups is 5. The van der Waals surface area contributed by atoms with Crippen LogP contribution in [0.4, 0.5) is 0 Å². The van der Waals surface area contributed by atoms with Crippen molar-refractivity contribution in [1.82, 2.24) is 25.9 Å². The van der Waals surface area contributed by atoms with E-state index in [4.69, 9.17) is 16.6 Å². The van der Waals surface area contributed by atoms with Crippen molar-refractivity contribution < 1.29 is 34.2 Å². The van der Waals surface area contributed by atoms with Crippen molar-refractivity contribution >= 4 is 29.6 Å². The van der Waals surface area contributed by atoms with Gasteiger partial charge in [0.15, 0.2) is 0 Å². The molecule has 0 aromatic carbocycles. The zero-order valence-electron chi connectivity index (χ0n) is 16.0. The summed E-state index contributed by atoms with van der Waals surface area (Å²) in [5, 5.41) is 24.9. The van der Waals surface area contributed by atoms with Crippen molar-refractivity contribution in [3.63, 3.8) is 0 Å². The first-order chi connectivity index (χ1) is 14.1. The Balaban J connectivity index is 2.49. The lowest BCUT2D eigenvalue weighted by atomic mass is 10.1. The van der Waals surface area contributed by atoms with E-state index in [0.29, 0.717) is 5.69 Å². The summed E-state index contributed by atoms with van der Waals surface area (Å²) in [5.74, 6) is -4.53. The fourth-order valence-electron chi connectivity index (χ4n) is 2.28. The van der Waals surface area contributed by atoms with Crippen molar-refractivity contribution in [2.75, 3.05) is 13.2 Å². The number of H-pyrrole nitrogens is 1. The standard InChI is InChI=1S/C16H25N7O7/c17-9(3-8-4-19-7-21-8)14(27)23-11(6-24)15(28)20-5-13(26)22-10(16(29)30)1-2-12(18)25/h4,7,9-11,24H,1-3,5-6,17H2,(H2,18,25)(H,19,21)(H,20,28)(H,22,26)(H,23,27)(H,29,30). The summed E-state index contributed by atoms with van der Waals surface area (Å²) in [7, 11) is 0. The zero-order chi connectivity index (χ0) is 22.7. The topological polar surface area (TPSA) is 243 Å². The zero-order valence-corrected chi connectivity index (χ0v) is 16.0. The van der Waals surface area contributed by atoms with Crippen LogP contribution in [0.25, 0.3) is 0 Å². The first-order valence-corrected chi connectivity index (χ1v) is 8.86. The van der Waals surface area contributed by atoms with Crippen molar-refractivity contribution in [2.45, 2.75) is 37.4 Å². The Morgan fingerprint density at radius 2 is 1.83 bits per heavy atom. The van der Waals surface area contributed by atoms with Crippen LogP contribution in [0, 0.1) is 0 Å². The Hall–Kier alpha value is -3.52. The molecule has 30 heavy (non-hydrogen) atoms. The number of aromatic nitrogens is 2. The van der Waals surface area contributed by atoms with Gasteiger partial charge in [-0.3, -0.25) is 19.2 Å². The third-order valence-corrected chi connectivity index (χ3v) is 3.88. The van der Waals surface area contributed by atoms with Crippen LogP contribution in [0.1, 0.15) is 18.5 Å². The number of nitrogens with zero attached hydrogens (tertiary/aromatic N) is 1. The van der Waals surface area contributed by atoms with Gasteiger partial charge in [0.25, 0.3) is 0 Å². The molecule has 0 saturated heterocycles. The SMILES string of the molecule is NC(=O)CCC(NC(=O)CNC(=O)C(CO)NC(=O)C(N)Cc1cnc[nH]1)C(=O)O. The Kier molecular flexibility index (Phi) is 9.91. The summed E-state index contributed by atoms with van der Waals surface area (Å²) in [6.45, 7) is -1.38. The number of carbonyl (C=O) groups excluding carboxylic acids is 4. The molecule has 1 aromatic heterocycles.